The Bertz CT molecular complexity index is 990. The number of rotatable bonds is 6. The predicted molar refractivity (Wildman–Crippen MR) is 88.8 cm³/mol. The van der Waals surface area contributed by atoms with Crippen LogP contribution in [0.2, 0.25) is 0 Å². The topological polar surface area (TPSA) is 216 Å². The van der Waals surface area contributed by atoms with Gasteiger partial charge < -0.3 is 0 Å². The fourth-order valence-corrected chi connectivity index (χ4v) is 2.25. The van der Waals surface area contributed by atoms with Crippen LogP contribution in [0.15, 0.2) is 41.6 Å². The molecule has 1 aromatic rings. The number of hydrogen-bond acceptors (Lipinski definition) is 10. The van der Waals surface area contributed by atoms with E-state index in [2.05, 4.69) is 0 Å². The van der Waals surface area contributed by atoms with Crippen LogP contribution in [0.5, 0.6) is 0 Å². The van der Waals surface area contributed by atoms with Gasteiger partial charge in [-0.2, -0.15) is 6.08 Å². The molecule has 1 aromatic carbocycles. The zero-order valence-corrected chi connectivity index (χ0v) is 13.3. The number of allylic oxidation sites excluding steroid dienone is 1. The molecule has 0 amide bonds. The first-order valence-corrected chi connectivity index (χ1v) is 6.91. The van der Waals surface area contributed by atoms with Crippen molar-refractivity contribution >= 4 is 23.1 Å². The molecule has 1 aliphatic carbocycles. The Labute approximate surface area is 152 Å². The standard InChI is InChI=1S/C13H6N5O10/c19-14(20)8-2-1-7(11(4-8)16(23)24)3-10-12(17(25)26)5-9(15(21)22)6-13(10)18(27)28/h1-6H/q-1/b7-3+. The Morgan fingerprint density at radius 2 is 1.32 bits per heavy atom. The van der Waals surface area contributed by atoms with Crippen LogP contribution in [0.25, 0.3) is 6.08 Å². The molecule has 15 nitrogen and oxygen atoms in total. The Balaban J connectivity index is 2.78. The highest BCUT2D eigenvalue weighted by Crippen LogP contribution is 2.37. The molecule has 0 bridgehead atoms. The van der Waals surface area contributed by atoms with E-state index in [0.717, 1.165) is 12.2 Å². The van der Waals surface area contributed by atoms with Gasteiger partial charge in [0, 0.05) is 9.85 Å². The van der Waals surface area contributed by atoms with Crippen LogP contribution in [0, 0.1) is 56.6 Å². The highest BCUT2D eigenvalue weighted by molar-refractivity contribution is 5.77. The van der Waals surface area contributed by atoms with Gasteiger partial charge in [-0.25, -0.2) is 0 Å². The van der Waals surface area contributed by atoms with Gasteiger partial charge in [0.05, 0.1) is 26.9 Å². The third-order valence-electron chi connectivity index (χ3n) is 3.45. The quantitative estimate of drug-likeness (QED) is 0.391. The summed E-state index contributed by atoms with van der Waals surface area (Å²) in [5.41, 5.74) is -4.97. The minimum atomic E-state index is -1.12. The Kier molecular flexibility index (Phi) is 5.10. The van der Waals surface area contributed by atoms with E-state index in [0.29, 0.717) is 24.3 Å². The van der Waals surface area contributed by atoms with Gasteiger partial charge in [0.2, 0.25) is 0 Å². The number of hydrogen-bond donors (Lipinski definition) is 0. The van der Waals surface area contributed by atoms with E-state index in [1.165, 1.54) is 0 Å². The van der Waals surface area contributed by atoms with Crippen molar-refractivity contribution in [3.05, 3.63) is 104 Å². The molecule has 15 heteroatoms. The van der Waals surface area contributed by atoms with E-state index in [1.54, 1.807) is 0 Å². The Hall–Kier alpha value is -4.69. The first-order chi connectivity index (χ1) is 13.0. The molecule has 0 radical (unpaired) electrons. The molecule has 144 valence electrons. The minimum absolute atomic E-state index is 0.407. The second kappa shape index (κ2) is 7.28. The molecule has 0 N–H and O–H groups in total. The van der Waals surface area contributed by atoms with Crippen molar-refractivity contribution in [2.24, 2.45) is 0 Å². The van der Waals surface area contributed by atoms with Crippen LogP contribution < -0.4 is 0 Å². The van der Waals surface area contributed by atoms with Gasteiger partial charge in [0.1, 0.15) is 5.56 Å². The van der Waals surface area contributed by atoms with Crippen molar-refractivity contribution in [2.75, 3.05) is 0 Å². The second-order valence-corrected chi connectivity index (χ2v) is 5.07. The summed E-state index contributed by atoms with van der Waals surface area (Å²) >= 11 is 0. The Morgan fingerprint density at radius 1 is 0.786 bits per heavy atom. The third-order valence-corrected chi connectivity index (χ3v) is 3.45. The normalized spacial score (nSPS) is 14.5. The summed E-state index contributed by atoms with van der Waals surface area (Å²) in [7, 11) is 0. The van der Waals surface area contributed by atoms with Crippen molar-refractivity contribution in [3.8, 4) is 0 Å². The van der Waals surface area contributed by atoms with Crippen LogP contribution in [0.4, 0.5) is 17.1 Å². The van der Waals surface area contributed by atoms with E-state index in [-0.39, 0.29) is 0 Å². The summed E-state index contributed by atoms with van der Waals surface area (Å²) in [5, 5.41) is 55.3. The molecule has 0 aliphatic heterocycles. The number of benzene rings is 1. The van der Waals surface area contributed by atoms with Crippen molar-refractivity contribution in [2.45, 2.75) is 0 Å². The predicted octanol–water partition coefficient (Wildman–Crippen LogP) is 2.33. The maximum absolute atomic E-state index is 11.2. The fraction of sp³-hybridized carbons (Fsp3) is 0. The second-order valence-electron chi connectivity index (χ2n) is 5.07. The zero-order valence-electron chi connectivity index (χ0n) is 13.3. The van der Waals surface area contributed by atoms with Gasteiger partial charge in [0.15, 0.2) is 11.7 Å². The lowest BCUT2D eigenvalue weighted by Crippen LogP contribution is -2.13. The van der Waals surface area contributed by atoms with Gasteiger partial charge in [-0.3, -0.25) is 50.6 Å². The Morgan fingerprint density at radius 3 is 1.71 bits per heavy atom. The summed E-state index contributed by atoms with van der Waals surface area (Å²) in [6.45, 7) is 0. The molecular formula is C13H6N5O10-. The lowest BCUT2D eigenvalue weighted by Gasteiger charge is -2.15. The van der Waals surface area contributed by atoms with E-state index in [9.17, 15) is 50.6 Å². The molecule has 0 unspecified atom stereocenters. The smallest absolute Gasteiger partial charge is 0.270 e. The molecule has 28 heavy (non-hydrogen) atoms. The molecular weight excluding hydrogens is 386 g/mol. The SMILES string of the molecule is O=[N+]([O-])C1=C[C-]([N+](=O)[O-])C=C/C1=C\c1c([N+](=O)[O-])cc([N+](=O)[O-])cc1[N+](=O)[O-]. The maximum atomic E-state index is 11.2. The highest BCUT2D eigenvalue weighted by Gasteiger charge is 2.30. The number of nitro groups is 5. The molecule has 0 saturated carbocycles. The monoisotopic (exact) mass is 392 g/mol. The maximum Gasteiger partial charge on any atom is 0.290 e. The number of nitrogens with zero attached hydrogens (tertiary/aromatic N) is 5. The van der Waals surface area contributed by atoms with Crippen LogP contribution in [-0.4, -0.2) is 24.6 Å². The van der Waals surface area contributed by atoms with Crippen molar-refractivity contribution in [1.29, 1.82) is 0 Å². The van der Waals surface area contributed by atoms with E-state index < -0.39 is 64.6 Å². The summed E-state index contributed by atoms with van der Waals surface area (Å²) < 4.78 is 0. The molecule has 0 aromatic heterocycles. The van der Waals surface area contributed by atoms with E-state index >= 15 is 0 Å². The molecule has 2 rings (SSSR count). The summed E-state index contributed by atoms with van der Waals surface area (Å²) in [4.78, 5) is 50.0. The lowest BCUT2D eigenvalue weighted by molar-refractivity contribution is -0.454. The van der Waals surface area contributed by atoms with Crippen LogP contribution in [-0.2, 0) is 0 Å². The van der Waals surface area contributed by atoms with E-state index in [1.807, 2.05) is 0 Å². The van der Waals surface area contributed by atoms with Crippen molar-refractivity contribution in [1.82, 2.24) is 0 Å². The first kappa shape index (κ1) is 19.6. The number of nitro benzene ring substituents is 3. The average molecular weight is 392 g/mol. The van der Waals surface area contributed by atoms with Crippen LogP contribution in [0.3, 0.4) is 0 Å². The van der Waals surface area contributed by atoms with Crippen LogP contribution in [0.1, 0.15) is 5.56 Å². The molecule has 0 fully saturated rings. The van der Waals surface area contributed by atoms with E-state index in [4.69, 9.17) is 0 Å². The summed E-state index contributed by atoms with van der Waals surface area (Å²) in [5.74, 6) is 0. The molecule has 0 spiro atoms. The van der Waals surface area contributed by atoms with Gasteiger partial charge in [0.25, 0.3) is 17.1 Å². The average Bonchev–Trinajstić information content (AvgIpc) is 2.60. The highest BCUT2D eigenvalue weighted by atomic mass is 16.6. The molecule has 0 saturated heterocycles. The summed E-state index contributed by atoms with van der Waals surface area (Å²) in [6.07, 6.45) is 3.02. The minimum Gasteiger partial charge on any atom is -0.270 e. The molecule has 1 aliphatic rings. The van der Waals surface area contributed by atoms with Gasteiger partial charge in [-0.05, 0) is 6.08 Å². The molecule has 0 atom stereocenters. The van der Waals surface area contributed by atoms with Crippen molar-refractivity contribution in [3.63, 3.8) is 0 Å². The van der Waals surface area contributed by atoms with Gasteiger partial charge in [-0.1, -0.05) is 17.7 Å². The first-order valence-electron chi connectivity index (χ1n) is 6.91. The van der Waals surface area contributed by atoms with Gasteiger partial charge in [-0.15, -0.1) is 0 Å². The number of non-ortho nitro benzene ring substituents is 1. The fourth-order valence-electron chi connectivity index (χ4n) is 2.25. The van der Waals surface area contributed by atoms with Crippen molar-refractivity contribution < 1.29 is 24.6 Å². The van der Waals surface area contributed by atoms with Crippen LogP contribution >= 0.6 is 0 Å². The lowest BCUT2D eigenvalue weighted by atomic mass is 9.99. The van der Waals surface area contributed by atoms with Gasteiger partial charge >= 0.3 is 0 Å². The third kappa shape index (κ3) is 3.77. The largest absolute Gasteiger partial charge is 0.290 e. The summed E-state index contributed by atoms with van der Waals surface area (Å²) in [6, 6.07) is 0.295. The molecule has 0 heterocycles. The zero-order chi connectivity index (χ0) is 21.2.